The molecule has 3 aliphatic rings. The zero-order chi connectivity index (χ0) is 26.4. The molecule has 0 aromatic heterocycles. The number of carbonyl (C=O) groups excluding carboxylic acids is 1. The van der Waals surface area contributed by atoms with Crippen LogP contribution < -0.4 is 15.4 Å². The van der Waals surface area contributed by atoms with Gasteiger partial charge in [-0.25, -0.2) is 0 Å². The van der Waals surface area contributed by atoms with Crippen molar-refractivity contribution in [2.24, 2.45) is 11.7 Å². The summed E-state index contributed by atoms with van der Waals surface area (Å²) in [7, 11) is 0. The molecule has 0 radical (unpaired) electrons. The number of rotatable bonds is 8. The lowest BCUT2D eigenvalue weighted by Crippen LogP contribution is -2.27. The van der Waals surface area contributed by atoms with Crippen molar-refractivity contribution in [3.63, 3.8) is 0 Å². The first kappa shape index (κ1) is 27.6. The van der Waals surface area contributed by atoms with Gasteiger partial charge >= 0.3 is 6.18 Å². The van der Waals surface area contributed by atoms with Gasteiger partial charge in [0.05, 0.1) is 22.6 Å². The highest BCUT2D eigenvalue weighted by atomic mass is 35.5. The second kappa shape index (κ2) is 12.4. The minimum Gasteiger partial charge on any atom is -0.489 e. The molecule has 5 rings (SSSR count). The molecule has 1 unspecified atom stereocenters. The highest BCUT2D eigenvalue weighted by molar-refractivity contribution is 6.32. The molecule has 2 aromatic rings. The summed E-state index contributed by atoms with van der Waals surface area (Å²) < 4.78 is 42.9. The number of primary amides is 1. The first-order valence-corrected chi connectivity index (χ1v) is 13.5. The van der Waals surface area contributed by atoms with Gasteiger partial charge in [-0.1, -0.05) is 17.7 Å². The Kier molecular flexibility index (Phi) is 9.24. The number of nitrogens with zero attached hydrogens (tertiary/aromatic N) is 2. The van der Waals surface area contributed by atoms with Gasteiger partial charge in [-0.15, -0.1) is 0 Å². The number of carbonyl (C=O) groups is 1. The van der Waals surface area contributed by atoms with E-state index in [1.165, 1.54) is 69.4 Å². The number of amides is 1. The van der Waals surface area contributed by atoms with Gasteiger partial charge in [0.1, 0.15) is 5.75 Å². The van der Waals surface area contributed by atoms with Gasteiger partial charge in [-0.2, -0.15) is 13.2 Å². The number of halogens is 4. The Morgan fingerprint density at radius 1 is 1.03 bits per heavy atom. The smallest absolute Gasteiger partial charge is 0.416 e. The Bertz CT molecular complexity index is 1040. The summed E-state index contributed by atoms with van der Waals surface area (Å²) in [5.74, 6) is 0.282. The first-order valence-electron chi connectivity index (χ1n) is 13.1. The van der Waals surface area contributed by atoms with Crippen LogP contribution in [-0.2, 0) is 17.4 Å². The minimum absolute atomic E-state index is 0.215. The molecule has 2 heterocycles. The maximum Gasteiger partial charge on any atom is 0.416 e. The molecule has 0 spiro atoms. The van der Waals surface area contributed by atoms with Crippen LogP contribution >= 0.6 is 11.6 Å². The highest BCUT2D eigenvalue weighted by Gasteiger charge is 2.31. The number of likely N-dealkylation sites (tertiary alicyclic amines) is 1. The predicted molar refractivity (Wildman–Crippen MR) is 140 cm³/mol. The average molecular weight is 538 g/mol. The molecule has 9 heteroatoms. The van der Waals surface area contributed by atoms with Crippen LogP contribution in [0.5, 0.6) is 5.75 Å². The number of nitrogens with two attached hydrogens (primary N) is 1. The lowest BCUT2D eigenvalue weighted by molar-refractivity contribution is -0.137. The van der Waals surface area contributed by atoms with Gasteiger partial charge < -0.3 is 20.3 Å². The van der Waals surface area contributed by atoms with Crippen LogP contribution in [0, 0.1) is 5.92 Å². The van der Waals surface area contributed by atoms with E-state index in [9.17, 15) is 18.0 Å². The van der Waals surface area contributed by atoms with Crippen molar-refractivity contribution >= 4 is 23.2 Å². The molecular formula is C28H35ClF3N3O2. The van der Waals surface area contributed by atoms with Crippen molar-refractivity contribution < 1.29 is 22.7 Å². The molecule has 1 atom stereocenters. The van der Waals surface area contributed by atoms with Crippen LogP contribution in [0.25, 0.3) is 0 Å². The third-order valence-electron chi connectivity index (χ3n) is 7.10. The van der Waals surface area contributed by atoms with Crippen molar-refractivity contribution in [2.45, 2.75) is 57.2 Å². The molecule has 1 saturated carbocycles. The molecule has 37 heavy (non-hydrogen) atoms. The number of benzene rings is 2. The molecule has 2 aromatic carbocycles. The van der Waals surface area contributed by atoms with E-state index < -0.39 is 11.7 Å². The van der Waals surface area contributed by atoms with Crippen LogP contribution in [0.4, 0.5) is 18.9 Å². The van der Waals surface area contributed by atoms with Gasteiger partial charge in [-0.05, 0) is 107 Å². The van der Waals surface area contributed by atoms with E-state index >= 15 is 0 Å². The fourth-order valence-electron chi connectivity index (χ4n) is 4.76. The molecular weight excluding hydrogens is 503 g/mol. The van der Waals surface area contributed by atoms with Crippen LogP contribution in [0.2, 0.25) is 5.02 Å². The largest absolute Gasteiger partial charge is 0.489 e. The standard InChI is InChI=1S/C16H22ClNO.C12H13F3N2O/c17-15-12-13(4-3-11-18-9-1-2-10-18)5-8-16(15)19-14-6-7-14;13-12(14,15)9-1-3-10(4-2-9)17-6-5-8(7-17)11(16)18/h5,8,12,14H,1-4,6-7,9-11H2;1-4,8H,5-7H2,(H2,16,18). The van der Waals surface area contributed by atoms with E-state index in [1.807, 2.05) is 11.0 Å². The summed E-state index contributed by atoms with van der Waals surface area (Å²) in [4.78, 5) is 15.4. The normalized spacial score (nSPS) is 20.0. The maximum absolute atomic E-state index is 12.4. The number of anilines is 1. The Morgan fingerprint density at radius 3 is 2.30 bits per heavy atom. The summed E-state index contributed by atoms with van der Waals surface area (Å²) in [6, 6.07) is 11.2. The quantitative estimate of drug-likeness (QED) is 0.453. The minimum atomic E-state index is -4.32. The molecule has 0 bridgehead atoms. The van der Waals surface area contributed by atoms with Crippen molar-refractivity contribution in [3.05, 3.63) is 58.6 Å². The number of hydrogen-bond donors (Lipinski definition) is 1. The van der Waals surface area contributed by atoms with Crippen LogP contribution in [0.15, 0.2) is 42.5 Å². The molecule has 202 valence electrons. The second-order valence-electron chi connectivity index (χ2n) is 10.1. The first-order chi connectivity index (χ1) is 17.7. The average Bonchev–Trinajstić information content (AvgIpc) is 3.31. The lowest BCUT2D eigenvalue weighted by atomic mass is 10.1. The number of aryl methyl sites for hydroxylation is 1. The summed E-state index contributed by atoms with van der Waals surface area (Å²) in [5.41, 5.74) is 6.55. The summed E-state index contributed by atoms with van der Waals surface area (Å²) >= 11 is 6.27. The molecule has 2 saturated heterocycles. The molecule has 1 aliphatic carbocycles. The fraction of sp³-hybridized carbons (Fsp3) is 0.536. The van der Waals surface area contributed by atoms with Crippen molar-refractivity contribution in [3.8, 4) is 5.75 Å². The van der Waals surface area contributed by atoms with E-state index in [1.54, 1.807) is 0 Å². The Balaban J connectivity index is 0.000000173. The topological polar surface area (TPSA) is 58.8 Å². The molecule has 1 amide bonds. The van der Waals surface area contributed by atoms with Gasteiger partial charge in [0, 0.05) is 18.8 Å². The van der Waals surface area contributed by atoms with E-state index in [2.05, 4.69) is 17.0 Å². The Hall–Kier alpha value is -2.45. The van der Waals surface area contributed by atoms with E-state index in [0.717, 1.165) is 29.3 Å². The Labute approximate surface area is 221 Å². The molecule has 5 nitrogen and oxygen atoms in total. The molecule has 2 aliphatic heterocycles. The van der Waals surface area contributed by atoms with Crippen molar-refractivity contribution in [1.82, 2.24) is 4.90 Å². The predicted octanol–water partition coefficient (Wildman–Crippen LogP) is 5.93. The van der Waals surface area contributed by atoms with Crippen LogP contribution in [-0.4, -0.2) is 49.6 Å². The van der Waals surface area contributed by atoms with E-state index in [-0.39, 0.29) is 11.8 Å². The van der Waals surface area contributed by atoms with Gasteiger partial charge in [0.25, 0.3) is 0 Å². The molecule has 3 fully saturated rings. The third-order valence-corrected chi connectivity index (χ3v) is 7.40. The van der Waals surface area contributed by atoms with Gasteiger partial charge in [0.2, 0.25) is 5.91 Å². The highest BCUT2D eigenvalue weighted by Crippen LogP contribution is 2.33. The Morgan fingerprint density at radius 2 is 1.73 bits per heavy atom. The maximum atomic E-state index is 12.4. The van der Waals surface area contributed by atoms with Crippen molar-refractivity contribution in [2.75, 3.05) is 37.6 Å². The zero-order valence-corrected chi connectivity index (χ0v) is 21.7. The fourth-order valence-corrected chi connectivity index (χ4v) is 5.01. The molecule has 2 N–H and O–H groups in total. The summed E-state index contributed by atoms with van der Waals surface area (Å²) in [6.45, 7) is 4.90. The van der Waals surface area contributed by atoms with E-state index in [0.29, 0.717) is 31.3 Å². The third kappa shape index (κ3) is 8.27. The van der Waals surface area contributed by atoms with Crippen molar-refractivity contribution in [1.29, 1.82) is 0 Å². The SMILES string of the molecule is Clc1cc(CCCN2CCCC2)ccc1OC1CC1.NC(=O)C1CCN(c2ccc(C(F)(F)F)cc2)C1. The van der Waals surface area contributed by atoms with Gasteiger partial charge in [0.15, 0.2) is 0 Å². The summed E-state index contributed by atoms with van der Waals surface area (Å²) in [5, 5.41) is 0.769. The number of hydrogen-bond acceptors (Lipinski definition) is 4. The second-order valence-corrected chi connectivity index (χ2v) is 10.5. The van der Waals surface area contributed by atoms with Crippen LogP contribution in [0.3, 0.4) is 0 Å². The van der Waals surface area contributed by atoms with Gasteiger partial charge in [-0.3, -0.25) is 4.79 Å². The zero-order valence-electron chi connectivity index (χ0n) is 21.0. The summed E-state index contributed by atoms with van der Waals surface area (Å²) in [6.07, 6.45) is 4.17. The van der Waals surface area contributed by atoms with E-state index in [4.69, 9.17) is 22.1 Å². The number of alkyl halides is 3. The monoisotopic (exact) mass is 537 g/mol. The lowest BCUT2D eigenvalue weighted by Gasteiger charge is -2.18. The number of ether oxygens (including phenoxy) is 1. The van der Waals surface area contributed by atoms with Crippen LogP contribution in [0.1, 0.15) is 49.7 Å².